The van der Waals surface area contributed by atoms with E-state index < -0.39 is 35.9 Å². The summed E-state index contributed by atoms with van der Waals surface area (Å²) in [5, 5.41) is 0. The van der Waals surface area contributed by atoms with Crippen LogP contribution in [-0.2, 0) is 6.18 Å². The van der Waals surface area contributed by atoms with Crippen molar-refractivity contribution in [2.75, 3.05) is 13.1 Å². The van der Waals surface area contributed by atoms with Crippen LogP contribution in [-0.4, -0.2) is 41.3 Å². The van der Waals surface area contributed by atoms with E-state index in [1.807, 2.05) is 0 Å². The number of pyridine rings is 1. The summed E-state index contributed by atoms with van der Waals surface area (Å²) in [6.07, 6.45) is -8.55. The van der Waals surface area contributed by atoms with Crippen molar-refractivity contribution in [2.24, 2.45) is 0 Å². The number of carbonyl (C=O) groups is 1. The van der Waals surface area contributed by atoms with Gasteiger partial charge in [0.1, 0.15) is 11.9 Å². The molecule has 1 aliphatic heterocycles. The SMILES string of the molecule is O=C(c1ccc(OC(F)(F)F)cc1)N1CCC(Oc2cc(C(F)(F)F)ccn2)C1. The minimum Gasteiger partial charge on any atom is -0.472 e. The number of hydrogen-bond donors (Lipinski definition) is 0. The summed E-state index contributed by atoms with van der Waals surface area (Å²) in [7, 11) is 0. The number of carbonyl (C=O) groups excluding carboxylic acids is 1. The van der Waals surface area contributed by atoms with E-state index in [2.05, 4.69) is 9.72 Å². The van der Waals surface area contributed by atoms with Gasteiger partial charge in [-0.3, -0.25) is 4.79 Å². The van der Waals surface area contributed by atoms with Gasteiger partial charge in [0, 0.05) is 30.8 Å². The number of nitrogens with zero attached hydrogens (tertiary/aromatic N) is 2. The molecule has 1 aromatic carbocycles. The molecule has 0 radical (unpaired) electrons. The minimum atomic E-state index is -4.83. The van der Waals surface area contributed by atoms with E-state index >= 15 is 0 Å². The number of hydrogen-bond acceptors (Lipinski definition) is 4. The summed E-state index contributed by atoms with van der Waals surface area (Å²) in [5.74, 6) is -1.09. The highest BCUT2D eigenvalue weighted by Gasteiger charge is 2.33. The third-order valence-electron chi connectivity index (χ3n) is 4.12. The largest absolute Gasteiger partial charge is 0.573 e. The quantitative estimate of drug-likeness (QED) is 0.693. The summed E-state index contributed by atoms with van der Waals surface area (Å²) < 4.78 is 84.0. The molecule has 0 N–H and O–H groups in total. The van der Waals surface area contributed by atoms with Crippen molar-refractivity contribution in [3.63, 3.8) is 0 Å². The molecule has 3 rings (SSSR count). The van der Waals surface area contributed by atoms with Gasteiger partial charge in [-0.15, -0.1) is 13.2 Å². The first-order chi connectivity index (χ1) is 13.5. The van der Waals surface area contributed by atoms with Gasteiger partial charge in [0.05, 0.1) is 12.1 Å². The van der Waals surface area contributed by atoms with Gasteiger partial charge in [-0.05, 0) is 30.3 Å². The Labute approximate surface area is 160 Å². The first kappa shape index (κ1) is 20.7. The predicted octanol–water partition coefficient (Wildman–Crippen LogP) is 4.29. The van der Waals surface area contributed by atoms with Crippen molar-refractivity contribution < 1.29 is 40.6 Å². The van der Waals surface area contributed by atoms with Gasteiger partial charge in [0.2, 0.25) is 5.88 Å². The first-order valence-electron chi connectivity index (χ1n) is 8.36. The second-order valence-corrected chi connectivity index (χ2v) is 6.23. The monoisotopic (exact) mass is 420 g/mol. The van der Waals surface area contributed by atoms with Crippen LogP contribution < -0.4 is 9.47 Å². The highest BCUT2D eigenvalue weighted by molar-refractivity contribution is 5.94. The fourth-order valence-electron chi connectivity index (χ4n) is 2.81. The molecule has 0 spiro atoms. The lowest BCUT2D eigenvalue weighted by molar-refractivity contribution is -0.274. The number of amides is 1. The zero-order valence-corrected chi connectivity index (χ0v) is 14.6. The fourth-order valence-corrected chi connectivity index (χ4v) is 2.81. The molecule has 0 saturated carbocycles. The molecule has 1 aromatic heterocycles. The van der Waals surface area contributed by atoms with Gasteiger partial charge >= 0.3 is 12.5 Å². The fraction of sp³-hybridized carbons (Fsp3) is 0.333. The average Bonchev–Trinajstić information content (AvgIpc) is 3.08. The van der Waals surface area contributed by atoms with Crippen LogP contribution in [0.3, 0.4) is 0 Å². The maximum Gasteiger partial charge on any atom is 0.573 e. The van der Waals surface area contributed by atoms with Gasteiger partial charge in [0.25, 0.3) is 5.91 Å². The number of aromatic nitrogens is 1. The summed E-state index contributed by atoms with van der Waals surface area (Å²) in [6.45, 7) is 0.390. The van der Waals surface area contributed by atoms with Crippen molar-refractivity contribution >= 4 is 5.91 Å². The molecule has 0 bridgehead atoms. The van der Waals surface area contributed by atoms with Crippen LogP contribution in [0.2, 0.25) is 0 Å². The highest BCUT2D eigenvalue weighted by atomic mass is 19.4. The highest BCUT2D eigenvalue weighted by Crippen LogP contribution is 2.31. The van der Waals surface area contributed by atoms with Crippen LogP contribution in [0, 0.1) is 0 Å². The molecular weight excluding hydrogens is 406 g/mol. The Bertz CT molecular complexity index is 867. The van der Waals surface area contributed by atoms with Crippen molar-refractivity contribution in [1.29, 1.82) is 0 Å². The number of ether oxygens (including phenoxy) is 2. The minimum absolute atomic E-state index is 0.109. The van der Waals surface area contributed by atoms with E-state index in [1.54, 1.807) is 0 Å². The Kier molecular flexibility index (Phi) is 5.58. The third-order valence-corrected chi connectivity index (χ3v) is 4.12. The standard InChI is InChI=1S/C18H14F6N2O3/c19-17(20,21)12-5-7-25-15(9-12)28-14-6-8-26(10-14)16(27)11-1-3-13(4-2-11)29-18(22,23)24/h1-5,7,9,14H,6,8,10H2. The lowest BCUT2D eigenvalue weighted by atomic mass is 10.2. The summed E-state index contributed by atoms with van der Waals surface area (Å²) >= 11 is 0. The molecule has 1 fully saturated rings. The van der Waals surface area contributed by atoms with E-state index in [-0.39, 0.29) is 24.5 Å². The van der Waals surface area contributed by atoms with Crippen LogP contribution in [0.5, 0.6) is 11.6 Å². The number of benzene rings is 1. The van der Waals surface area contributed by atoms with E-state index in [9.17, 15) is 31.1 Å². The Morgan fingerprint density at radius 1 is 1.07 bits per heavy atom. The van der Waals surface area contributed by atoms with Crippen molar-refractivity contribution in [1.82, 2.24) is 9.88 Å². The molecule has 1 aliphatic rings. The lowest BCUT2D eigenvalue weighted by Gasteiger charge is -2.18. The van der Waals surface area contributed by atoms with Crippen molar-refractivity contribution in [3.8, 4) is 11.6 Å². The molecule has 0 aliphatic carbocycles. The molecule has 1 amide bonds. The summed E-state index contributed by atoms with van der Waals surface area (Å²) in [5.41, 5.74) is -0.744. The van der Waals surface area contributed by atoms with Gasteiger partial charge < -0.3 is 14.4 Å². The average molecular weight is 420 g/mol. The summed E-state index contributed by atoms with van der Waals surface area (Å²) in [4.78, 5) is 17.6. The van der Waals surface area contributed by atoms with Gasteiger partial charge in [0.15, 0.2) is 0 Å². The Balaban J connectivity index is 1.60. The van der Waals surface area contributed by atoms with Crippen LogP contribution in [0.15, 0.2) is 42.6 Å². The zero-order valence-electron chi connectivity index (χ0n) is 14.6. The van der Waals surface area contributed by atoms with Gasteiger partial charge in [-0.2, -0.15) is 13.2 Å². The normalized spacial score (nSPS) is 17.3. The number of halogens is 6. The number of alkyl halides is 6. The van der Waals surface area contributed by atoms with Crippen LogP contribution >= 0.6 is 0 Å². The maximum atomic E-state index is 12.7. The molecule has 11 heteroatoms. The van der Waals surface area contributed by atoms with Crippen LogP contribution in [0.25, 0.3) is 0 Å². The smallest absolute Gasteiger partial charge is 0.472 e. The summed E-state index contributed by atoms with van der Waals surface area (Å²) in [6, 6.07) is 6.06. The van der Waals surface area contributed by atoms with Gasteiger partial charge in [-0.25, -0.2) is 4.98 Å². The number of rotatable bonds is 4. The second-order valence-electron chi connectivity index (χ2n) is 6.23. The van der Waals surface area contributed by atoms with E-state index in [0.717, 1.165) is 30.5 Å². The molecular formula is C18H14F6N2O3. The predicted molar refractivity (Wildman–Crippen MR) is 87.3 cm³/mol. The molecule has 156 valence electrons. The second kappa shape index (κ2) is 7.80. The van der Waals surface area contributed by atoms with Crippen LogP contribution in [0.4, 0.5) is 26.3 Å². The number of likely N-dealkylation sites (tertiary alicyclic amines) is 1. The van der Waals surface area contributed by atoms with Crippen LogP contribution in [0.1, 0.15) is 22.3 Å². The Morgan fingerprint density at radius 3 is 2.38 bits per heavy atom. The maximum absolute atomic E-state index is 12.7. The zero-order chi connectivity index (χ0) is 21.2. The van der Waals surface area contributed by atoms with E-state index in [1.165, 1.54) is 17.0 Å². The topological polar surface area (TPSA) is 51.7 Å². The van der Waals surface area contributed by atoms with E-state index in [0.29, 0.717) is 6.42 Å². The van der Waals surface area contributed by atoms with Gasteiger partial charge in [-0.1, -0.05) is 0 Å². The molecule has 5 nitrogen and oxygen atoms in total. The molecule has 1 unspecified atom stereocenters. The third kappa shape index (κ3) is 5.52. The first-order valence-corrected chi connectivity index (χ1v) is 8.36. The van der Waals surface area contributed by atoms with Crippen molar-refractivity contribution in [2.45, 2.75) is 25.1 Å². The van der Waals surface area contributed by atoms with E-state index in [4.69, 9.17) is 4.74 Å². The molecule has 2 aromatic rings. The van der Waals surface area contributed by atoms with Crippen molar-refractivity contribution in [3.05, 3.63) is 53.7 Å². The molecule has 1 saturated heterocycles. The molecule has 2 heterocycles. The lowest BCUT2D eigenvalue weighted by Crippen LogP contribution is -2.31. The molecule has 1 atom stereocenters. The molecule has 29 heavy (non-hydrogen) atoms. The Hall–Kier alpha value is -2.98. The Morgan fingerprint density at radius 2 is 1.76 bits per heavy atom.